The molecule has 0 saturated heterocycles. The smallest absolute Gasteiger partial charge is 0.124 e. The van der Waals surface area contributed by atoms with E-state index in [9.17, 15) is 0 Å². The van der Waals surface area contributed by atoms with E-state index in [1.807, 2.05) is 0 Å². The van der Waals surface area contributed by atoms with Crippen LogP contribution in [0.3, 0.4) is 0 Å². The first-order chi connectivity index (χ1) is 26.3. The van der Waals surface area contributed by atoms with Gasteiger partial charge in [-0.1, -0.05) is 140 Å². The molecule has 0 aliphatic heterocycles. The van der Waals surface area contributed by atoms with Gasteiger partial charge in [-0.15, -0.1) is 11.3 Å². The van der Waals surface area contributed by atoms with Crippen molar-refractivity contribution in [2.24, 2.45) is 0 Å². The van der Waals surface area contributed by atoms with Crippen LogP contribution < -0.4 is 4.90 Å². The van der Waals surface area contributed by atoms with Crippen LogP contribution in [-0.4, -0.2) is 4.98 Å². The predicted molar refractivity (Wildman–Crippen MR) is 220 cm³/mol. The van der Waals surface area contributed by atoms with E-state index in [4.69, 9.17) is 4.98 Å². The summed E-state index contributed by atoms with van der Waals surface area (Å²) in [6, 6.07) is 67.0. The molecule has 0 N–H and O–H groups in total. The van der Waals surface area contributed by atoms with Crippen LogP contribution in [0.25, 0.3) is 65.3 Å². The van der Waals surface area contributed by atoms with E-state index in [2.05, 4.69) is 187 Å². The van der Waals surface area contributed by atoms with Crippen molar-refractivity contribution in [1.82, 2.24) is 4.98 Å². The summed E-state index contributed by atoms with van der Waals surface area (Å²) in [5.74, 6) is 0. The third-order valence-electron chi connectivity index (χ3n) is 11.7. The average Bonchev–Trinajstić information content (AvgIpc) is 3.96. The normalized spacial score (nSPS) is 13.4. The summed E-state index contributed by atoms with van der Waals surface area (Å²) in [5, 5.41) is 3.65. The standard InChI is InChI=1S/C50H30N2S/c1-2-15-33(16-3-1)52(34-29-27-32(28-30-34)49-51-47-38-20-10-13-31-14-11-21-39(45(31)38)48(47)53-49)44-26-12-25-43-46(44)37-19-6-9-24-42(37)50(43)40-22-7-4-17-35(40)36-18-5-8-23-41(36)50/h1-30H. The lowest BCUT2D eigenvalue weighted by Crippen LogP contribution is -2.26. The summed E-state index contributed by atoms with van der Waals surface area (Å²) in [5.41, 5.74) is 18.4. The first kappa shape index (κ1) is 29.1. The topological polar surface area (TPSA) is 16.1 Å². The minimum atomic E-state index is -0.393. The molecule has 3 heteroatoms. The van der Waals surface area contributed by atoms with Gasteiger partial charge >= 0.3 is 0 Å². The fourth-order valence-corrected chi connectivity index (χ4v) is 10.7. The van der Waals surface area contributed by atoms with E-state index in [1.54, 1.807) is 11.3 Å². The van der Waals surface area contributed by atoms with Crippen LogP contribution in [-0.2, 0) is 5.41 Å². The molecule has 0 fully saturated rings. The molecule has 0 bridgehead atoms. The van der Waals surface area contributed by atoms with Gasteiger partial charge in [0.05, 0.1) is 21.7 Å². The van der Waals surface area contributed by atoms with Gasteiger partial charge in [0.2, 0.25) is 0 Å². The number of para-hydroxylation sites is 1. The number of nitrogens with zero attached hydrogens (tertiary/aromatic N) is 2. The number of benzene rings is 8. The lowest BCUT2D eigenvalue weighted by Gasteiger charge is -2.31. The Morgan fingerprint density at radius 1 is 0.434 bits per heavy atom. The molecule has 1 heterocycles. The number of thiazole rings is 1. The molecule has 1 aromatic heterocycles. The highest BCUT2D eigenvalue weighted by molar-refractivity contribution is 7.19. The summed E-state index contributed by atoms with van der Waals surface area (Å²) in [4.78, 5) is 8.95. The molecule has 0 unspecified atom stereocenters. The van der Waals surface area contributed by atoms with Crippen molar-refractivity contribution in [3.8, 4) is 54.5 Å². The number of fused-ring (bicyclic) bond motifs is 13. The molecule has 9 aromatic rings. The van der Waals surface area contributed by atoms with Crippen molar-refractivity contribution in [1.29, 1.82) is 0 Å². The van der Waals surface area contributed by atoms with Crippen LogP contribution in [0.1, 0.15) is 22.3 Å². The third-order valence-corrected chi connectivity index (χ3v) is 12.8. The third kappa shape index (κ3) is 3.79. The van der Waals surface area contributed by atoms with E-state index < -0.39 is 5.41 Å². The molecule has 0 atom stereocenters. The van der Waals surface area contributed by atoms with Gasteiger partial charge in [0, 0.05) is 33.6 Å². The van der Waals surface area contributed by atoms with Gasteiger partial charge in [0.15, 0.2) is 0 Å². The quantitative estimate of drug-likeness (QED) is 0.183. The second-order valence-corrected chi connectivity index (χ2v) is 15.2. The van der Waals surface area contributed by atoms with Crippen molar-refractivity contribution in [2.45, 2.75) is 5.41 Å². The Bertz CT molecular complexity index is 2850. The van der Waals surface area contributed by atoms with Gasteiger partial charge in [-0.2, -0.15) is 0 Å². The molecule has 3 aliphatic carbocycles. The summed E-state index contributed by atoms with van der Waals surface area (Å²) in [7, 11) is 0. The van der Waals surface area contributed by atoms with Crippen LogP contribution in [0.5, 0.6) is 0 Å². The van der Waals surface area contributed by atoms with E-state index in [-0.39, 0.29) is 0 Å². The minimum Gasteiger partial charge on any atom is -0.310 e. The Morgan fingerprint density at radius 2 is 0.981 bits per heavy atom. The highest BCUT2D eigenvalue weighted by atomic mass is 32.1. The average molecular weight is 691 g/mol. The molecule has 3 aliphatic rings. The van der Waals surface area contributed by atoms with E-state index >= 15 is 0 Å². The summed E-state index contributed by atoms with van der Waals surface area (Å²) < 4.78 is 0. The molecule has 0 amide bonds. The van der Waals surface area contributed by atoms with Crippen LogP contribution in [0.15, 0.2) is 182 Å². The zero-order chi connectivity index (χ0) is 34.7. The number of hydrogen-bond donors (Lipinski definition) is 0. The second kappa shape index (κ2) is 10.7. The maximum atomic E-state index is 5.25. The maximum absolute atomic E-state index is 5.25. The van der Waals surface area contributed by atoms with Crippen molar-refractivity contribution >= 4 is 39.2 Å². The molecular formula is C50H30N2S. The predicted octanol–water partition coefficient (Wildman–Crippen LogP) is 13.4. The largest absolute Gasteiger partial charge is 0.310 e. The summed E-state index contributed by atoms with van der Waals surface area (Å²) >= 11 is 1.80. The fraction of sp³-hybridized carbons (Fsp3) is 0.0200. The zero-order valence-electron chi connectivity index (χ0n) is 28.6. The number of hydrogen-bond acceptors (Lipinski definition) is 3. The molecule has 1 spiro atoms. The zero-order valence-corrected chi connectivity index (χ0v) is 29.4. The molecule has 12 rings (SSSR count). The SMILES string of the molecule is c1ccc(N(c2ccc(-c3nc4c(s3)-c3cccc5cccc-4c35)cc2)c2cccc3c2-c2ccccc2C32c3ccccc3-c3ccccc32)cc1. The van der Waals surface area contributed by atoms with Gasteiger partial charge in [-0.25, -0.2) is 4.98 Å². The molecule has 2 nitrogen and oxygen atoms in total. The molecule has 53 heavy (non-hydrogen) atoms. The van der Waals surface area contributed by atoms with Gasteiger partial charge in [-0.3, -0.25) is 0 Å². The van der Waals surface area contributed by atoms with Crippen molar-refractivity contribution in [2.75, 3.05) is 4.90 Å². The van der Waals surface area contributed by atoms with E-state index in [0.717, 1.165) is 27.6 Å². The van der Waals surface area contributed by atoms with Crippen LogP contribution in [0, 0.1) is 0 Å². The van der Waals surface area contributed by atoms with Crippen LogP contribution in [0.4, 0.5) is 17.1 Å². The Morgan fingerprint density at radius 3 is 1.70 bits per heavy atom. The van der Waals surface area contributed by atoms with E-state index in [0.29, 0.717) is 0 Å². The second-order valence-electron chi connectivity index (χ2n) is 14.2. The van der Waals surface area contributed by atoms with E-state index in [1.165, 1.54) is 77.0 Å². The first-order valence-corrected chi connectivity index (χ1v) is 19.0. The molecule has 0 saturated carbocycles. The Balaban J connectivity index is 1.03. The minimum absolute atomic E-state index is 0.393. The van der Waals surface area contributed by atoms with Gasteiger partial charge in [0.1, 0.15) is 5.01 Å². The highest BCUT2D eigenvalue weighted by Gasteiger charge is 2.52. The fourth-order valence-electron chi connectivity index (χ4n) is 9.60. The summed E-state index contributed by atoms with van der Waals surface area (Å²) in [6.07, 6.45) is 0. The van der Waals surface area contributed by atoms with Crippen molar-refractivity contribution in [3.63, 3.8) is 0 Å². The molecule has 0 radical (unpaired) electrons. The van der Waals surface area contributed by atoms with Crippen LogP contribution in [0.2, 0.25) is 0 Å². The lowest BCUT2D eigenvalue weighted by molar-refractivity contribution is 0.794. The Hall–Kier alpha value is -6.55. The van der Waals surface area contributed by atoms with Gasteiger partial charge in [0.25, 0.3) is 0 Å². The highest BCUT2D eigenvalue weighted by Crippen LogP contribution is 2.64. The Labute approximate surface area is 311 Å². The van der Waals surface area contributed by atoms with Crippen molar-refractivity contribution < 1.29 is 0 Å². The Kier molecular flexibility index (Phi) is 5.89. The molecule has 8 aromatic carbocycles. The first-order valence-electron chi connectivity index (χ1n) is 18.2. The lowest BCUT2D eigenvalue weighted by atomic mass is 9.70. The van der Waals surface area contributed by atoms with Gasteiger partial charge in [-0.05, 0) is 92.2 Å². The molecular weight excluding hydrogens is 661 g/mol. The van der Waals surface area contributed by atoms with Crippen molar-refractivity contribution in [3.05, 3.63) is 204 Å². The summed E-state index contributed by atoms with van der Waals surface area (Å²) in [6.45, 7) is 0. The van der Waals surface area contributed by atoms with Crippen LogP contribution >= 0.6 is 11.3 Å². The molecule has 246 valence electrons. The van der Waals surface area contributed by atoms with Gasteiger partial charge < -0.3 is 4.90 Å². The number of aromatic nitrogens is 1. The number of rotatable bonds is 4. The number of anilines is 3. The maximum Gasteiger partial charge on any atom is 0.124 e. The monoisotopic (exact) mass is 690 g/mol.